The first-order chi connectivity index (χ1) is 12.1. The van der Waals surface area contributed by atoms with Crippen molar-refractivity contribution in [1.29, 1.82) is 0 Å². The first-order valence-corrected chi connectivity index (χ1v) is 9.38. The van der Waals surface area contributed by atoms with Gasteiger partial charge in [0.25, 0.3) is 0 Å². The fourth-order valence-corrected chi connectivity index (χ4v) is 3.58. The molecule has 5 heteroatoms. The lowest BCUT2D eigenvalue weighted by molar-refractivity contribution is -0.143. The van der Waals surface area contributed by atoms with E-state index in [4.69, 9.17) is 9.47 Å². The third kappa shape index (κ3) is 5.11. The van der Waals surface area contributed by atoms with Gasteiger partial charge in [0.05, 0.1) is 19.6 Å². The second-order valence-corrected chi connectivity index (χ2v) is 6.65. The number of hydrogen-bond acceptors (Lipinski definition) is 4. The van der Waals surface area contributed by atoms with Crippen LogP contribution in [0.1, 0.15) is 57.6 Å². The largest absolute Gasteiger partial charge is 0.493 e. The van der Waals surface area contributed by atoms with E-state index in [1.54, 1.807) is 7.11 Å². The molecule has 25 heavy (non-hydrogen) atoms. The van der Waals surface area contributed by atoms with Gasteiger partial charge >= 0.3 is 5.97 Å². The molecule has 0 saturated carbocycles. The van der Waals surface area contributed by atoms with Crippen LogP contribution in [0.3, 0.4) is 0 Å². The van der Waals surface area contributed by atoms with Crippen LogP contribution >= 0.6 is 0 Å². The number of carboxylic acid groups (broad SMARTS) is 1. The average Bonchev–Trinajstić information content (AvgIpc) is 2.63. The number of rotatable bonds is 9. The summed E-state index contributed by atoms with van der Waals surface area (Å²) in [5.74, 6) is 0.680. The van der Waals surface area contributed by atoms with Gasteiger partial charge < -0.3 is 14.6 Å². The molecule has 1 atom stereocenters. The number of benzene rings is 1. The second kappa shape index (κ2) is 9.66. The maximum absolute atomic E-state index is 11.2. The summed E-state index contributed by atoms with van der Waals surface area (Å²) < 4.78 is 11.1. The fourth-order valence-electron chi connectivity index (χ4n) is 3.58. The van der Waals surface area contributed by atoms with E-state index in [1.807, 2.05) is 13.0 Å². The summed E-state index contributed by atoms with van der Waals surface area (Å²) in [6, 6.07) is 6.49. The monoisotopic (exact) mass is 349 g/mol. The Labute approximate surface area is 150 Å². The third-order valence-corrected chi connectivity index (χ3v) is 5.02. The smallest absolute Gasteiger partial charge is 0.306 e. The molecule has 0 bridgehead atoms. The molecule has 1 unspecified atom stereocenters. The van der Waals surface area contributed by atoms with Gasteiger partial charge in [-0.2, -0.15) is 0 Å². The number of ether oxygens (including phenoxy) is 2. The Bertz CT molecular complexity index is 553. The topological polar surface area (TPSA) is 59.0 Å². The molecule has 1 aliphatic heterocycles. The zero-order chi connectivity index (χ0) is 18.2. The maximum Gasteiger partial charge on any atom is 0.306 e. The number of likely N-dealkylation sites (tertiary alicyclic amines) is 1. The van der Waals surface area contributed by atoms with Crippen molar-refractivity contribution >= 4 is 5.97 Å². The van der Waals surface area contributed by atoms with Crippen LogP contribution in [-0.2, 0) is 4.79 Å². The molecule has 1 heterocycles. The van der Waals surface area contributed by atoms with Crippen LogP contribution in [0.4, 0.5) is 0 Å². The van der Waals surface area contributed by atoms with Crippen molar-refractivity contribution in [3.63, 3.8) is 0 Å². The summed E-state index contributed by atoms with van der Waals surface area (Å²) in [7, 11) is 1.67. The molecule has 5 nitrogen and oxygen atoms in total. The summed E-state index contributed by atoms with van der Waals surface area (Å²) >= 11 is 0. The highest BCUT2D eigenvalue weighted by molar-refractivity contribution is 5.70. The number of unbranched alkanes of at least 4 members (excludes halogenated alkanes) is 1. The molecule has 0 aromatic heterocycles. The van der Waals surface area contributed by atoms with Gasteiger partial charge in [0.2, 0.25) is 0 Å². The number of hydrogen-bond donors (Lipinski definition) is 1. The van der Waals surface area contributed by atoms with Crippen LogP contribution in [0.25, 0.3) is 0 Å². The number of aliphatic carboxylic acids is 1. The number of carboxylic acids is 1. The summed E-state index contributed by atoms with van der Waals surface area (Å²) in [6.07, 6.45) is 4.83. The average molecular weight is 349 g/mol. The number of methoxy groups -OCH3 is 1. The minimum Gasteiger partial charge on any atom is -0.493 e. The molecule has 140 valence electrons. The molecular formula is C20H31NO4. The Kier molecular flexibility index (Phi) is 7.56. The van der Waals surface area contributed by atoms with Crippen molar-refractivity contribution in [3.05, 3.63) is 23.8 Å². The molecule has 1 N–H and O–H groups in total. The SMILES string of the molecule is CCCCC(c1ccc(OCC)c(OC)c1)N1CCC(C(=O)O)CC1. The van der Waals surface area contributed by atoms with Gasteiger partial charge in [-0.3, -0.25) is 9.69 Å². The minimum absolute atomic E-state index is 0.196. The van der Waals surface area contributed by atoms with E-state index in [1.165, 1.54) is 5.56 Å². The van der Waals surface area contributed by atoms with Crippen molar-refractivity contribution in [2.24, 2.45) is 5.92 Å². The summed E-state index contributed by atoms with van der Waals surface area (Å²) in [4.78, 5) is 13.6. The molecular weight excluding hydrogens is 318 g/mol. The van der Waals surface area contributed by atoms with Crippen LogP contribution in [-0.4, -0.2) is 42.8 Å². The highest BCUT2D eigenvalue weighted by atomic mass is 16.5. The van der Waals surface area contributed by atoms with Crippen LogP contribution in [0, 0.1) is 5.92 Å². The number of nitrogens with zero attached hydrogens (tertiary/aromatic N) is 1. The minimum atomic E-state index is -0.660. The first kappa shape index (κ1) is 19.6. The van der Waals surface area contributed by atoms with Gasteiger partial charge in [-0.25, -0.2) is 0 Å². The Morgan fingerprint density at radius 2 is 2.00 bits per heavy atom. The van der Waals surface area contributed by atoms with E-state index in [-0.39, 0.29) is 5.92 Å². The molecule has 0 amide bonds. The molecule has 0 radical (unpaired) electrons. The van der Waals surface area contributed by atoms with E-state index in [9.17, 15) is 9.90 Å². The van der Waals surface area contributed by atoms with E-state index >= 15 is 0 Å². The molecule has 1 fully saturated rings. The first-order valence-electron chi connectivity index (χ1n) is 9.38. The van der Waals surface area contributed by atoms with Gasteiger partial charge in [0.1, 0.15) is 0 Å². The lowest BCUT2D eigenvalue weighted by Gasteiger charge is -2.37. The zero-order valence-electron chi connectivity index (χ0n) is 15.7. The predicted octanol–water partition coefficient (Wildman–Crippen LogP) is 4.12. The van der Waals surface area contributed by atoms with Gasteiger partial charge in [-0.15, -0.1) is 0 Å². The van der Waals surface area contributed by atoms with Gasteiger partial charge in [0.15, 0.2) is 11.5 Å². The van der Waals surface area contributed by atoms with E-state index in [2.05, 4.69) is 24.0 Å². The van der Waals surface area contributed by atoms with E-state index in [0.717, 1.165) is 56.7 Å². The highest BCUT2D eigenvalue weighted by Crippen LogP contribution is 2.36. The van der Waals surface area contributed by atoms with Crippen molar-refractivity contribution in [2.75, 3.05) is 26.8 Å². The predicted molar refractivity (Wildman–Crippen MR) is 98.4 cm³/mol. The number of carbonyl (C=O) groups is 1. The van der Waals surface area contributed by atoms with Crippen LogP contribution in [0.5, 0.6) is 11.5 Å². The lowest BCUT2D eigenvalue weighted by Crippen LogP contribution is -2.38. The Hall–Kier alpha value is -1.75. The normalized spacial score (nSPS) is 17.2. The van der Waals surface area contributed by atoms with Crippen LogP contribution in [0.2, 0.25) is 0 Å². The molecule has 1 aliphatic rings. The van der Waals surface area contributed by atoms with E-state index in [0.29, 0.717) is 12.6 Å². The Morgan fingerprint density at radius 1 is 1.28 bits per heavy atom. The molecule has 1 saturated heterocycles. The molecule has 1 aromatic rings. The van der Waals surface area contributed by atoms with Crippen molar-refractivity contribution < 1.29 is 19.4 Å². The van der Waals surface area contributed by atoms with Crippen LogP contribution < -0.4 is 9.47 Å². The van der Waals surface area contributed by atoms with Gasteiger partial charge in [-0.05, 0) is 57.0 Å². The second-order valence-electron chi connectivity index (χ2n) is 6.65. The van der Waals surface area contributed by atoms with Gasteiger partial charge in [0, 0.05) is 6.04 Å². The number of piperidine rings is 1. The Morgan fingerprint density at radius 3 is 2.56 bits per heavy atom. The molecule has 1 aromatic carbocycles. The quantitative estimate of drug-likeness (QED) is 0.727. The molecule has 0 spiro atoms. The van der Waals surface area contributed by atoms with Crippen molar-refractivity contribution in [3.8, 4) is 11.5 Å². The molecule has 2 rings (SSSR count). The standard InChI is InChI=1S/C20H31NO4/c1-4-6-7-17(21-12-10-15(11-13-21)20(22)23)16-8-9-18(25-5-2)19(14-16)24-3/h8-9,14-15,17H,4-7,10-13H2,1-3H3,(H,22,23). The lowest BCUT2D eigenvalue weighted by atomic mass is 9.92. The van der Waals surface area contributed by atoms with Gasteiger partial charge in [-0.1, -0.05) is 25.8 Å². The maximum atomic E-state index is 11.2. The Balaban J connectivity index is 2.18. The van der Waals surface area contributed by atoms with Crippen molar-refractivity contribution in [1.82, 2.24) is 4.90 Å². The van der Waals surface area contributed by atoms with E-state index < -0.39 is 5.97 Å². The summed E-state index contributed by atoms with van der Waals surface area (Å²) in [5, 5.41) is 9.22. The summed E-state index contributed by atoms with van der Waals surface area (Å²) in [5.41, 5.74) is 1.22. The zero-order valence-corrected chi connectivity index (χ0v) is 15.7. The highest BCUT2D eigenvalue weighted by Gasteiger charge is 2.29. The summed E-state index contributed by atoms with van der Waals surface area (Å²) in [6.45, 7) is 6.44. The van der Waals surface area contributed by atoms with Crippen LogP contribution in [0.15, 0.2) is 18.2 Å². The third-order valence-electron chi connectivity index (χ3n) is 5.02. The fraction of sp³-hybridized carbons (Fsp3) is 0.650. The van der Waals surface area contributed by atoms with Crippen molar-refractivity contribution in [2.45, 2.75) is 52.0 Å². The molecule has 0 aliphatic carbocycles.